The Morgan fingerprint density at radius 2 is 1.83 bits per heavy atom. The average molecular weight is 362 g/mol. The monoisotopic (exact) mass is 361 g/mol. The number of hydrogen-bond acceptors (Lipinski definition) is 4. The summed E-state index contributed by atoms with van der Waals surface area (Å²) in [5.74, 6) is 0.512. The molecule has 1 aliphatic rings. The number of piperidine rings is 1. The van der Waals surface area contributed by atoms with Gasteiger partial charge in [0, 0.05) is 6.42 Å². The van der Waals surface area contributed by atoms with Crippen molar-refractivity contribution in [3.05, 3.63) is 24.3 Å². The summed E-state index contributed by atoms with van der Waals surface area (Å²) in [7, 11) is -3.37. The van der Waals surface area contributed by atoms with Gasteiger partial charge in [-0.15, -0.1) is 12.4 Å². The van der Waals surface area contributed by atoms with Crippen LogP contribution in [0.5, 0.6) is 0 Å². The second-order valence-electron chi connectivity index (χ2n) is 5.70. The number of amides is 1. The van der Waals surface area contributed by atoms with Gasteiger partial charge in [-0.25, -0.2) is 8.42 Å². The Morgan fingerprint density at radius 3 is 2.43 bits per heavy atom. The molecule has 1 heterocycles. The molecule has 1 amide bonds. The topological polar surface area (TPSA) is 87.3 Å². The van der Waals surface area contributed by atoms with E-state index in [0.29, 0.717) is 23.7 Å². The summed E-state index contributed by atoms with van der Waals surface area (Å²) in [6, 6.07) is 6.80. The first kappa shape index (κ1) is 19.7. The van der Waals surface area contributed by atoms with Crippen molar-refractivity contribution in [1.82, 2.24) is 5.32 Å². The van der Waals surface area contributed by atoms with Gasteiger partial charge < -0.3 is 10.6 Å². The highest BCUT2D eigenvalue weighted by Crippen LogP contribution is 2.23. The Labute approximate surface area is 143 Å². The molecule has 130 valence electrons. The van der Waals surface area contributed by atoms with E-state index in [4.69, 9.17) is 0 Å². The van der Waals surface area contributed by atoms with E-state index >= 15 is 0 Å². The van der Waals surface area contributed by atoms with Crippen molar-refractivity contribution in [2.24, 2.45) is 5.92 Å². The lowest BCUT2D eigenvalue weighted by Crippen LogP contribution is -2.28. The zero-order chi connectivity index (χ0) is 16.0. The van der Waals surface area contributed by atoms with Crippen LogP contribution in [-0.2, 0) is 14.8 Å². The van der Waals surface area contributed by atoms with Crippen LogP contribution in [0.25, 0.3) is 0 Å². The molecule has 1 aromatic rings. The Hall–Kier alpha value is -1.31. The summed E-state index contributed by atoms with van der Waals surface area (Å²) >= 11 is 0. The Bertz CT molecular complexity index is 616. The molecule has 0 unspecified atom stereocenters. The minimum atomic E-state index is -3.37. The van der Waals surface area contributed by atoms with E-state index in [1.54, 1.807) is 24.3 Å². The molecule has 3 N–H and O–H groups in total. The highest BCUT2D eigenvalue weighted by Gasteiger charge is 2.15. The molecular formula is C15H24ClN3O3S. The van der Waals surface area contributed by atoms with Gasteiger partial charge in [-0.2, -0.15) is 0 Å². The van der Waals surface area contributed by atoms with Crippen LogP contribution in [-0.4, -0.2) is 33.7 Å². The zero-order valence-electron chi connectivity index (χ0n) is 13.2. The van der Waals surface area contributed by atoms with Gasteiger partial charge in [-0.05, 0) is 50.4 Å². The van der Waals surface area contributed by atoms with Crippen molar-refractivity contribution < 1.29 is 13.2 Å². The molecule has 6 nitrogen and oxygen atoms in total. The Morgan fingerprint density at radius 1 is 1.22 bits per heavy atom. The maximum atomic E-state index is 12.1. The van der Waals surface area contributed by atoms with Crippen LogP contribution < -0.4 is 15.4 Å². The quantitative estimate of drug-likeness (QED) is 0.724. The van der Waals surface area contributed by atoms with E-state index < -0.39 is 10.0 Å². The minimum Gasteiger partial charge on any atom is -0.324 e. The number of halogens is 1. The SMILES string of the molecule is CS(=O)(=O)Nc1ccccc1NC(=O)CCC1CCNCC1.Cl. The smallest absolute Gasteiger partial charge is 0.229 e. The lowest BCUT2D eigenvalue weighted by molar-refractivity contribution is -0.116. The number of carbonyl (C=O) groups excluding carboxylic acids is 1. The fourth-order valence-electron chi connectivity index (χ4n) is 2.60. The molecule has 1 saturated heterocycles. The molecule has 23 heavy (non-hydrogen) atoms. The molecule has 0 radical (unpaired) electrons. The maximum Gasteiger partial charge on any atom is 0.229 e. The molecule has 2 rings (SSSR count). The van der Waals surface area contributed by atoms with Gasteiger partial charge in [0.25, 0.3) is 0 Å². The molecule has 0 aromatic heterocycles. The maximum absolute atomic E-state index is 12.1. The van der Waals surface area contributed by atoms with Crippen molar-refractivity contribution in [1.29, 1.82) is 0 Å². The molecule has 1 fully saturated rings. The Balaban J connectivity index is 0.00000264. The van der Waals surface area contributed by atoms with Crippen LogP contribution in [0.3, 0.4) is 0 Å². The molecule has 0 aliphatic carbocycles. The number of para-hydroxylation sites is 2. The number of anilines is 2. The summed E-state index contributed by atoms with van der Waals surface area (Å²) in [5, 5.41) is 6.10. The van der Waals surface area contributed by atoms with Gasteiger partial charge in [0.05, 0.1) is 17.6 Å². The van der Waals surface area contributed by atoms with Gasteiger partial charge in [0.1, 0.15) is 0 Å². The molecule has 0 atom stereocenters. The first-order chi connectivity index (χ1) is 10.4. The van der Waals surface area contributed by atoms with Gasteiger partial charge >= 0.3 is 0 Å². The molecular weight excluding hydrogens is 338 g/mol. The highest BCUT2D eigenvalue weighted by atomic mass is 35.5. The molecule has 0 saturated carbocycles. The van der Waals surface area contributed by atoms with E-state index in [2.05, 4.69) is 15.4 Å². The fraction of sp³-hybridized carbons (Fsp3) is 0.533. The van der Waals surface area contributed by atoms with Crippen LogP contribution in [0.15, 0.2) is 24.3 Å². The number of nitrogens with one attached hydrogen (secondary N) is 3. The third-order valence-corrected chi connectivity index (χ3v) is 4.33. The number of carbonyl (C=O) groups is 1. The normalized spacial score (nSPS) is 15.5. The second-order valence-corrected chi connectivity index (χ2v) is 7.45. The first-order valence-electron chi connectivity index (χ1n) is 7.51. The predicted octanol–water partition coefficient (Wildman–Crippen LogP) is 2.20. The zero-order valence-corrected chi connectivity index (χ0v) is 14.8. The summed E-state index contributed by atoms with van der Waals surface area (Å²) in [4.78, 5) is 12.1. The number of benzene rings is 1. The van der Waals surface area contributed by atoms with Crippen molar-refractivity contribution >= 4 is 39.7 Å². The average Bonchev–Trinajstić information content (AvgIpc) is 2.47. The molecule has 0 bridgehead atoms. The second kappa shape index (κ2) is 9.10. The minimum absolute atomic E-state index is 0. The third kappa shape index (κ3) is 7.20. The summed E-state index contributed by atoms with van der Waals surface area (Å²) in [6.45, 7) is 2.04. The molecule has 0 spiro atoms. The molecule has 1 aromatic carbocycles. The molecule has 8 heteroatoms. The first-order valence-corrected chi connectivity index (χ1v) is 9.40. The van der Waals surface area contributed by atoms with Crippen molar-refractivity contribution in [2.45, 2.75) is 25.7 Å². The summed E-state index contributed by atoms with van der Waals surface area (Å²) in [6.07, 6.45) is 4.63. The number of rotatable bonds is 6. The van der Waals surface area contributed by atoms with Crippen LogP contribution in [0, 0.1) is 5.92 Å². The van der Waals surface area contributed by atoms with Crippen LogP contribution >= 0.6 is 12.4 Å². The Kier molecular flexibility index (Phi) is 7.81. The van der Waals surface area contributed by atoms with E-state index in [1.807, 2.05) is 0 Å². The third-order valence-electron chi connectivity index (χ3n) is 3.73. The number of hydrogen-bond donors (Lipinski definition) is 3. The molecule has 1 aliphatic heterocycles. The fourth-order valence-corrected chi connectivity index (χ4v) is 3.18. The van der Waals surface area contributed by atoms with E-state index in [9.17, 15) is 13.2 Å². The van der Waals surface area contributed by atoms with Gasteiger partial charge in [-0.1, -0.05) is 12.1 Å². The lowest BCUT2D eigenvalue weighted by Gasteiger charge is -2.22. The van der Waals surface area contributed by atoms with E-state index in [1.165, 1.54) is 0 Å². The van der Waals surface area contributed by atoms with E-state index in [-0.39, 0.29) is 18.3 Å². The van der Waals surface area contributed by atoms with E-state index in [0.717, 1.165) is 38.6 Å². The van der Waals surface area contributed by atoms with Crippen LogP contribution in [0.1, 0.15) is 25.7 Å². The predicted molar refractivity (Wildman–Crippen MR) is 95.6 cm³/mol. The van der Waals surface area contributed by atoms with Crippen molar-refractivity contribution in [3.8, 4) is 0 Å². The highest BCUT2D eigenvalue weighted by molar-refractivity contribution is 7.92. The van der Waals surface area contributed by atoms with Gasteiger partial charge in [0.15, 0.2) is 0 Å². The summed E-state index contributed by atoms with van der Waals surface area (Å²) in [5.41, 5.74) is 0.878. The summed E-state index contributed by atoms with van der Waals surface area (Å²) < 4.78 is 25.1. The van der Waals surface area contributed by atoms with Gasteiger partial charge in [-0.3, -0.25) is 9.52 Å². The lowest BCUT2D eigenvalue weighted by atomic mass is 9.93. The number of sulfonamides is 1. The van der Waals surface area contributed by atoms with Crippen LogP contribution in [0.2, 0.25) is 0 Å². The van der Waals surface area contributed by atoms with Crippen molar-refractivity contribution in [3.63, 3.8) is 0 Å². The van der Waals surface area contributed by atoms with Gasteiger partial charge in [0.2, 0.25) is 15.9 Å². The van der Waals surface area contributed by atoms with Crippen LogP contribution in [0.4, 0.5) is 11.4 Å². The standard InChI is InChI=1S/C15H23N3O3S.ClH/c1-22(20,21)18-14-5-3-2-4-13(14)17-15(19)7-6-12-8-10-16-11-9-12;/h2-5,12,16,18H,6-11H2,1H3,(H,17,19);1H. The van der Waals surface area contributed by atoms with Crippen molar-refractivity contribution in [2.75, 3.05) is 29.4 Å². The largest absolute Gasteiger partial charge is 0.324 e.